The number of piperidine rings is 1. The smallest absolute Gasteiger partial charge is 0.160 e. The number of aromatic nitrogens is 2. The van der Waals surface area contributed by atoms with Crippen molar-refractivity contribution in [1.29, 1.82) is 0 Å². The van der Waals surface area contributed by atoms with E-state index in [1.807, 2.05) is 12.1 Å². The van der Waals surface area contributed by atoms with Crippen molar-refractivity contribution in [2.45, 2.75) is 18.9 Å². The van der Waals surface area contributed by atoms with Crippen molar-refractivity contribution >= 4 is 22.4 Å². The predicted octanol–water partition coefficient (Wildman–Crippen LogP) is 1.34. The number of rotatable bonds is 2. The zero-order valence-electron chi connectivity index (χ0n) is 11.3. The Labute approximate surface area is 112 Å². The fourth-order valence-corrected chi connectivity index (χ4v) is 2.81. The summed E-state index contributed by atoms with van der Waals surface area (Å²) in [4.78, 5) is 4.63. The molecular formula is C13H19N5O. The number of benzene rings is 1. The Balaban J connectivity index is 1.95. The van der Waals surface area contributed by atoms with Crippen LogP contribution >= 0.6 is 0 Å². The molecule has 0 saturated carbocycles. The van der Waals surface area contributed by atoms with E-state index in [9.17, 15) is 0 Å². The number of anilines is 2. The maximum Gasteiger partial charge on any atom is 0.160 e. The lowest BCUT2D eigenvalue weighted by Crippen LogP contribution is -2.45. The van der Waals surface area contributed by atoms with Gasteiger partial charge in [0, 0.05) is 19.6 Å². The molecule has 1 unspecified atom stereocenters. The molecular weight excluding hydrogens is 242 g/mol. The maximum absolute atomic E-state index is 5.88. The molecule has 0 amide bonds. The van der Waals surface area contributed by atoms with Crippen LogP contribution in [0.15, 0.2) is 16.8 Å². The summed E-state index contributed by atoms with van der Waals surface area (Å²) in [5, 5.41) is 7.87. The Morgan fingerprint density at radius 3 is 2.95 bits per heavy atom. The third kappa shape index (κ3) is 2.12. The van der Waals surface area contributed by atoms with Crippen LogP contribution in [0.1, 0.15) is 12.8 Å². The first kappa shape index (κ1) is 12.2. The first-order valence-corrected chi connectivity index (χ1v) is 6.59. The van der Waals surface area contributed by atoms with Crippen LogP contribution in [0.2, 0.25) is 0 Å². The summed E-state index contributed by atoms with van der Waals surface area (Å²) in [5.74, 6) is 0. The number of likely N-dealkylation sites (N-methyl/N-ethyl adjacent to an activating group) is 2. The van der Waals surface area contributed by atoms with Crippen LogP contribution in [0.25, 0.3) is 11.0 Å². The van der Waals surface area contributed by atoms with Crippen molar-refractivity contribution in [2.24, 2.45) is 0 Å². The van der Waals surface area contributed by atoms with Crippen molar-refractivity contribution in [2.75, 3.05) is 37.8 Å². The SMILES string of the molecule is CN1CCCC(N(C)c2ccc(N)c3nonc23)C1. The van der Waals surface area contributed by atoms with Crippen LogP contribution in [0, 0.1) is 0 Å². The molecule has 1 aromatic heterocycles. The molecule has 0 bridgehead atoms. The summed E-state index contributed by atoms with van der Waals surface area (Å²) in [6, 6.07) is 4.35. The Kier molecular flexibility index (Phi) is 3.02. The van der Waals surface area contributed by atoms with E-state index in [2.05, 4.69) is 34.2 Å². The lowest BCUT2D eigenvalue weighted by atomic mass is 10.0. The molecule has 19 heavy (non-hydrogen) atoms. The molecule has 0 aliphatic carbocycles. The number of hydrogen-bond donors (Lipinski definition) is 1. The van der Waals surface area contributed by atoms with Gasteiger partial charge in [0.15, 0.2) is 11.0 Å². The molecule has 2 N–H and O–H groups in total. The fraction of sp³-hybridized carbons (Fsp3) is 0.538. The summed E-state index contributed by atoms with van der Waals surface area (Å²) < 4.78 is 4.83. The van der Waals surface area contributed by atoms with E-state index in [4.69, 9.17) is 10.4 Å². The Bertz CT molecular complexity index is 581. The lowest BCUT2D eigenvalue weighted by Gasteiger charge is -2.37. The molecule has 102 valence electrons. The first-order chi connectivity index (χ1) is 9.16. The van der Waals surface area contributed by atoms with Gasteiger partial charge in [0.25, 0.3) is 0 Å². The molecule has 1 saturated heterocycles. The summed E-state index contributed by atoms with van der Waals surface area (Å²) in [7, 11) is 4.26. The Hall–Kier alpha value is -1.82. The molecule has 1 aliphatic heterocycles. The van der Waals surface area contributed by atoms with Gasteiger partial charge in [-0.05, 0) is 48.9 Å². The highest BCUT2D eigenvalue weighted by Crippen LogP contribution is 2.30. The number of likely N-dealkylation sites (tertiary alicyclic amines) is 1. The van der Waals surface area contributed by atoms with Crippen LogP contribution in [-0.4, -0.2) is 48.4 Å². The van der Waals surface area contributed by atoms with Gasteiger partial charge in [-0.25, -0.2) is 4.63 Å². The number of nitrogen functional groups attached to an aromatic ring is 1. The van der Waals surface area contributed by atoms with Gasteiger partial charge in [-0.3, -0.25) is 0 Å². The van der Waals surface area contributed by atoms with Gasteiger partial charge in [-0.15, -0.1) is 0 Å². The van der Waals surface area contributed by atoms with Crippen molar-refractivity contribution in [3.8, 4) is 0 Å². The minimum atomic E-state index is 0.488. The fourth-order valence-electron chi connectivity index (χ4n) is 2.81. The van der Waals surface area contributed by atoms with E-state index in [1.54, 1.807) is 0 Å². The van der Waals surface area contributed by atoms with Crippen molar-refractivity contribution in [3.63, 3.8) is 0 Å². The monoisotopic (exact) mass is 261 g/mol. The zero-order chi connectivity index (χ0) is 13.4. The van der Waals surface area contributed by atoms with Crippen molar-refractivity contribution < 1.29 is 4.63 Å². The van der Waals surface area contributed by atoms with E-state index >= 15 is 0 Å². The van der Waals surface area contributed by atoms with Crippen molar-refractivity contribution in [3.05, 3.63) is 12.1 Å². The molecule has 0 spiro atoms. The van der Waals surface area contributed by atoms with Gasteiger partial charge < -0.3 is 15.5 Å². The Morgan fingerprint density at radius 1 is 1.37 bits per heavy atom. The molecule has 1 atom stereocenters. The van der Waals surface area contributed by atoms with E-state index in [0.717, 1.165) is 17.7 Å². The van der Waals surface area contributed by atoms with Gasteiger partial charge in [0.2, 0.25) is 0 Å². The van der Waals surface area contributed by atoms with Crippen LogP contribution < -0.4 is 10.6 Å². The topological polar surface area (TPSA) is 71.4 Å². The summed E-state index contributed by atoms with van der Waals surface area (Å²) in [5.41, 5.74) is 8.91. The summed E-state index contributed by atoms with van der Waals surface area (Å²) >= 11 is 0. The largest absolute Gasteiger partial charge is 0.397 e. The molecule has 6 nitrogen and oxygen atoms in total. The minimum Gasteiger partial charge on any atom is -0.397 e. The molecule has 2 heterocycles. The van der Waals surface area contributed by atoms with Gasteiger partial charge in [-0.2, -0.15) is 0 Å². The highest BCUT2D eigenvalue weighted by Gasteiger charge is 2.23. The molecule has 1 fully saturated rings. The second kappa shape index (κ2) is 4.70. The number of hydrogen-bond acceptors (Lipinski definition) is 6. The molecule has 6 heteroatoms. The maximum atomic E-state index is 5.88. The van der Waals surface area contributed by atoms with Crippen LogP contribution in [0.3, 0.4) is 0 Å². The highest BCUT2D eigenvalue weighted by atomic mass is 16.6. The number of fused-ring (bicyclic) bond motifs is 1. The summed E-state index contributed by atoms with van der Waals surface area (Å²) in [6.07, 6.45) is 2.42. The lowest BCUT2D eigenvalue weighted by molar-refractivity contribution is 0.248. The van der Waals surface area contributed by atoms with Crippen LogP contribution in [0.5, 0.6) is 0 Å². The van der Waals surface area contributed by atoms with Crippen molar-refractivity contribution in [1.82, 2.24) is 15.2 Å². The third-order valence-electron chi connectivity index (χ3n) is 3.95. The van der Waals surface area contributed by atoms with E-state index in [0.29, 0.717) is 17.2 Å². The van der Waals surface area contributed by atoms with Gasteiger partial charge in [0.05, 0.1) is 11.4 Å². The molecule has 1 aliphatic rings. The van der Waals surface area contributed by atoms with Crippen LogP contribution in [-0.2, 0) is 0 Å². The van der Waals surface area contributed by atoms with E-state index in [-0.39, 0.29) is 0 Å². The Morgan fingerprint density at radius 2 is 2.16 bits per heavy atom. The normalized spacial score (nSPS) is 20.8. The average molecular weight is 261 g/mol. The first-order valence-electron chi connectivity index (χ1n) is 6.59. The molecule has 3 rings (SSSR count). The third-order valence-corrected chi connectivity index (χ3v) is 3.95. The predicted molar refractivity (Wildman–Crippen MR) is 75.1 cm³/mol. The molecule has 1 aromatic carbocycles. The standard InChI is InChI=1S/C13H19N5O/c1-17-7-3-4-9(8-17)18(2)11-6-5-10(14)12-13(11)16-19-15-12/h5-6,9H,3-4,7-8,14H2,1-2H3. The number of nitrogens with zero attached hydrogens (tertiary/aromatic N) is 4. The van der Waals surface area contributed by atoms with Gasteiger partial charge >= 0.3 is 0 Å². The average Bonchev–Trinajstić information content (AvgIpc) is 2.89. The number of nitrogens with two attached hydrogens (primary N) is 1. The highest BCUT2D eigenvalue weighted by molar-refractivity contribution is 5.95. The van der Waals surface area contributed by atoms with E-state index < -0.39 is 0 Å². The molecule has 2 aromatic rings. The van der Waals surface area contributed by atoms with Crippen LogP contribution in [0.4, 0.5) is 11.4 Å². The minimum absolute atomic E-state index is 0.488. The second-order valence-corrected chi connectivity index (χ2v) is 5.30. The van der Waals surface area contributed by atoms with Gasteiger partial charge in [-0.1, -0.05) is 0 Å². The second-order valence-electron chi connectivity index (χ2n) is 5.30. The molecule has 0 radical (unpaired) electrons. The van der Waals surface area contributed by atoms with Gasteiger partial charge in [0.1, 0.15) is 0 Å². The van der Waals surface area contributed by atoms with E-state index in [1.165, 1.54) is 19.4 Å². The quantitative estimate of drug-likeness (QED) is 0.822. The zero-order valence-corrected chi connectivity index (χ0v) is 11.3. The summed E-state index contributed by atoms with van der Waals surface area (Å²) in [6.45, 7) is 2.24.